The van der Waals surface area contributed by atoms with Crippen LogP contribution in [-0.2, 0) is 9.53 Å². The van der Waals surface area contributed by atoms with Crippen molar-refractivity contribution in [2.75, 3.05) is 18.5 Å². The van der Waals surface area contributed by atoms with Crippen LogP contribution in [0.15, 0.2) is 18.2 Å². The Hall–Kier alpha value is -0.730. The summed E-state index contributed by atoms with van der Waals surface area (Å²) in [5, 5.41) is 2.78. The number of nitrogens with one attached hydrogen (secondary N) is 1. The lowest BCUT2D eigenvalue weighted by molar-refractivity contribution is -0.125. The number of halogens is 2. The third kappa shape index (κ3) is 2.50. The van der Waals surface area contributed by atoms with Gasteiger partial charge in [0.1, 0.15) is 5.82 Å². The van der Waals surface area contributed by atoms with Gasteiger partial charge in [-0.05, 0) is 47.7 Å². The summed E-state index contributed by atoms with van der Waals surface area (Å²) in [5.74, 6) is -0.526. The third-order valence-corrected chi connectivity index (χ3v) is 4.11. The average molecular weight is 364 g/mol. The van der Waals surface area contributed by atoms with Crippen molar-refractivity contribution in [2.24, 2.45) is 11.1 Å². The van der Waals surface area contributed by atoms with Gasteiger partial charge in [0.2, 0.25) is 5.91 Å². The minimum Gasteiger partial charge on any atom is -0.379 e. The molecule has 2 rings (SSSR count). The molecule has 3 N–H and O–H groups in total. The number of hydrogen-bond acceptors (Lipinski definition) is 3. The standard InChI is InChI=1S/C12H14FIN2O2/c1-12(6-18-5-10(12)15)11(17)16-9-3-2-7(13)4-8(9)14/h2-4,10H,5-6,15H2,1H3,(H,16,17). The van der Waals surface area contributed by atoms with Gasteiger partial charge < -0.3 is 15.8 Å². The van der Waals surface area contributed by atoms with Crippen molar-refractivity contribution in [2.45, 2.75) is 13.0 Å². The summed E-state index contributed by atoms with van der Waals surface area (Å²) >= 11 is 1.98. The molecule has 0 saturated carbocycles. The molecule has 4 nitrogen and oxygen atoms in total. The fourth-order valence-corrected chi connectivity index (χ4v) is 2.39. The van der Waals surface area contributed by atoms with Crippen LogP contribution in [-0.4, -0.2) is 25.2 Å². The first-order valence-corrected chi connectivity index (χ1v) is 6.61. The van der Waals surface area contributed by atoms with Crippen molar-refractivity contribution in [3.05, 3.63) is 27.6 Å². The fraction of sp³-hybridized carbons (Fsp3) is 0.417. The van der Waals surface area contributed by atoms with Gasteiger partial charge in [0.05, 0.1) is 24.3 Å². The number of rotatable bonds is 2. The minimum atomic E-state index is -0.739. The number of carbonyl (C=O) groups is 1. The van der Waals surface area contributed by atoms with Crippen molar-refractivity contribution in [1.29, 1.82) is 0 Å². The second kappa shape index (κ2) is 5.10. The Kier molecular flexibility index (Phi) is 3.88. The summed E-state index contributed by atoms with van der Waals surface area (Å²) < 4.78 is 18.8. The van der Waals surface area contributed by atoms with E-state index in [1.54, 1.807) is 13.0 Å². The van der Waals surface area contributed by atoms with Gasteiger partial charge in [-0.15, -0.1) is 0 Å². The molecular formula is C12H14FIN2O2. The Bertz CT molecular complexity index is 483. The highest BCUT2D eigenvalue weighted by molar-refractivity contribution is 14.1. The van der Waals surface area contributed by atoms with Crippen molar-refractivity contribution < 1.29 is 13.9 Å². The van der Waals surface area contributed by atoms with Crippen LogP contribution in [0, 0.1) is 14.8 Å². The van der Waals surface area contributed by atoms with Crippen LogP contribution in [0.3, 0.4) is 0 Å². The average Bonchev–Trinajstić information content (AvgIpc) is 2.64. The van der Waals surface area contributed by atoms with E-state index in [1.165, 1.54) is 12.1 Å². The molecule has 0 spiro atoms. The molecule has 1 aromatic rings. The number of carbonyl (C=O) groups excluding carboxylic acids is 1. The second-order valence-corrected chi connectivity index (χ2v) is 5.78. The maximum absolute atomic E-state index is 13.0. The lowest BCUT2D eigenvalue weighted by atomic mass is 9.85. The van der Waals surface area contributed by atoms with Crippen LogP contribution in [0.25, 0.3) is 0 Å². The Labute approximate surface area is 118 Å². The van der Waals surface area contributed by atoms with E-state index >= 15 is 0 Å². The summed E-state index contributed by atoms with van der Waals surface area (Å²) in [4.78, 5) is 12.2. The Morgan fingerprint density at radius 1 is 1.67 bits per heavy atom. The Morgan fingerprint density at radius 2 is 2.39 bits per heavy atom. The number of nitrogens with two attached hydrogens (primary N) is 1. The highest BCUT2D eigenvalue weighted by Crippen LogP contribution is 2.29. The zero-order chi connectivity index (χ0) is 13.3. The van der Waals surface area contributed by atoms with Gasteiger partial charge in [0.25, 0.3) is 0 Å². The van der Waals surface area contributed by atoms with Gasteiger partial charge in [0, 0.05) is 9.61 Å². The molecule has 0 aromatic heterocycles. The van der Waals surface area contributed by atoms with Crippen LogP contribution in [0.4, 0.5) is 10.1 Å². The SMILES string of the molecule is CC1(C(=O)Nc2ccc(F)cc2I)COCC1N. The smallest absolute Gasteiger partial charge is 0.234 e. The van der Waals surface area contributed by atoms with E-state index in [0.717, 1.165) is 0 Å². The number of anilines is 1. The molecule has 1 fully saturated rings. The predicted octanol–water partition coefficient (Wildman–Crippen LogP) is 1.73. The van der Waals surface area contributed by atoms with Crippen LogP contribution in [0.1, 0.15) is 6.92 Å². The first-order valence-electron chi connectivity index (χ1n) is 5.53. The zero-order valence-electron chi connectivity index (χ0n) is 9.87. The predicted molar refractivity (Wildman–Crippen MR) is 74.6 cm³/mol. The number of amides is 1. The third-order valence-electron chi connectivity index (χ3n) is 3.22. The largest absolute Gasteiger partial charge is 0.379 e. The molecule has 0 bridgehead atoms. The van der Waals surface area contributed by atoms with E-state index < -0.39 is 5.41 Å². The highest BCUT2D eigenvalue weighted by atomic mass is 127. The lowest BCUT2D eigenvalue weighted by Crippen LogP contribution is -2.47. The number of ether oxygens (including phenoxy) is 1. The summed E-state index contributed by atoms with van der Waals surface area (Å²) in [6.45, 7) is 2.46. The maximum Gasteiger partial charge on any atom is 0.234 e. The quantitative estimate of drug-likeness (QED) is 0.786. The van der Waals surface area contributed by atoms with Gasteiger partial charge >= 0.3 is 0 Å². The molecule has 2 atom stereocenters. The van der Waals surface area contributed by atoms with E-state index in [0.29, 0.717) is 22.5 Å². The topological polar surface area (TPSA) is 64.3 Å². The molecule has 18 heavy (non-hydrogen) atoms. The number of benzene rings is 1. The molecule has 1 aliphatic rings. The summed E-state index contributed by atoms with van der Waals surface area (Å²) in [5.41, 5.74) is 5.73. The summed E-state index contributed by atoms with van der Waals surface area (Å²) in [7, 11) is 0. The first-order chi connectivity index (χ1) is 8.43. The second-order valence-electron chi connectivity index (χ2n) is 4.62. The number of hydrogen-bond donors (Lipinski definition) is 2. The Balaban J connectivity index is 2.16. The van der Waals surface area contributed by atoms with E-state index in [1.807, 2.05) is 22.6 Å². The van der Waals surface area contributed by atoms with Crippen LogP contribution >= 0.6 is 22.6 Å². The van der Waals surface area contributed by atoms with Gasteiger partial charge in [0.15, 0.2) is 0 Å². The molecule has 1 amide bonds. The molecular weight excluding hydrogens is 350 g/mol. The molecule has 6 heteroatoms. The van der Waals surface area contributed by atoms with E-state index in [2.05, 4.69) is 5.32 Å². The molecule has 1 aromatic carbocycles. The fourth-order valence-electron chi connectivity index (χ4n) is 1.78. The first kappa shape index (κ1) is 13.7. The van der Waals surface area contributed by atoms with Gasteiger partial charge in [-0.3, -0.25) is 4.79 Å². The van der Waals surface area contributed by atoms with Crippen molar-refractivity contribution in [3.8, 4) is 0 Å². The molecule has 0 radical (unpaired) electrons. The van der Waals surface area contributed by atoms with Crippen LogP contribution in [0.5, 0.6) is 0 Å². The highest BCUT2D eigenvalue weighted by Gasteiger charge is 2.44. The normalized spacial score (nSPS) is 27.2. The molecule has 0 aliphatic carbocycles. The van der Waals surface area contributed by atoms with E-state index in [-0.39, 0.29) is 17.8 Å². The van der Waals surface area contributed by atoms with Gasteiger partial charge in [-0.1, -0.05) is 0 Å². The van der Waals surface area contributed by atoms with Crippen molar-refractivity contribution in [1.82, 2.24) is 0 Å². The zero-order valence-corrected chi connectivity index (χ0v) is 12.0. The molecule has 1 aliphatic heterocycles. The maximum atomic E-state index is 13.0. The van der Waals surface area contributed by atoms with Crippen LogP contribution in [0.2, 0.25) is 0 Å². The molecule has 1 heterocycles. The van der Waals surface area contributed by atoms with Crippen molar-refractivity contribution in [3.63, 3.8) is 0 Å². The van der Waals surface area contributed by atoms with Gasteiger partial charge in [-0.25, -0.2) is 4.39 Å². The molecule has 2 unspecified atom stereocenters. The van der Waals surface area contributed by atoms with Crippen molar-refractivity contribution >= 4 is 34.2 Å². The van der Waals surface area contributed by atoms with E-state index in [9.17, 15) is 9.18 Å². The minimum absolute atomic E-state index is 0.197. The lowest BCUT2D eigenvalue weighted by Gasteiger charge is -2.25. The van der Waals surface area contributed by atoms with Gasteiger partial charge in [-0.2, -0.15) is 0 Å². The van der Waals surface area contributed by atoms with Crippen LogP contribution < -0.4 is 11.1 Å². The summed E-state index contributed by atoms with van der Waals surface area (Å²) in [6, 6.07) is 3.89. The summed E-state index contributed by atoms with van der Waals surface area (Å²) in [6.07, 6.45) is 0. The monoisotopic (exact) mass is 364 g/mol. The Morgan fingerprint density at radius 3 is 2.94 bits per heavy atom. The molecule has 1 saturated heterocycles. The van der Waals surface area contributed by atoms with E-state index in [4.69, 9.17) is 10.5 Å². The molecule has 98 valence electrons.